The van der Waals surface area contributed by atoms with Crippen molar-refractivity contribution >= 4 is 23.2 Å². The lowest BCUT2D eigenvalue weighted by atomic mass is 10.0. The number of morpholine rings is 1. The van der Waals surface area contributed by atoms with Gasteiger partial charge in [0, 0.05) is 23.8 Å². The van der Waals surface area contributed by atoms with E-state index in [9.17, 15) is 4.79 Å². The number of hydrogen-bond acceptors (Lipinski definition) is 3. The molecule has 0 bridgehead atoms. The number of rotatable bonds is 1. The molecule has 1 fully saturated rings. The minimum Gasteiger partial charge on any atom is -0.398 e. The molecule has 0 saturated carbocycles. The van der Waals surface area contributed by atoms with Crippen molar-refractivity contribution in [3.63, 3.8) is 0 Å². The van der Waals surface area contributed by atoms with E-state index < -0.39 is 0 Å². The second-order valence-corrected chi connectivity index (χ2v) is 6.04. The fourth-order valence-corrected chi connectivity index (χ4v) is 2.66. The van der Waals surface area contributed by atoms with Crippen LogP contribution in [0.25, 0.3) is 0 Å². The Bertz CT molecular complexity index is 502. The summed E-state index contributed by atoms with van der Waals surface area (Å²) in [5.41, 5.74) is 6.42. The third-order valence-electron chi connectivity index (χ3n) is 3.10. The molecule has 1 atom stereocenters. The van der Waals surface area contributed by atoms with Crippen molar-refractivity contribution in [3.05, 3.63) is 28.8 Å². The van der Waals surface area contributed by atoms with Gasteiger partial charge in [-0.25, -0.2) is 0 Å². The molecule has 0 aromatic heterocycles. The van der Waals surface area contributed by atoms with Crippen LogP contribution in [-0.4, -0.2) is 35.6 Å². The molecular formula is C14H19ClN2O2. The minimum atomic E-state index is -0.347. The van der Waals surface area contributed by atoms with E-state index in [0.717, 1.165) is 0 Å². The predicted octanol–water partition coefficient (Wildman–Crippen LogP) is 2.56. The lowest BCUT2D eigenvalue weighted by Gasteiger charge is -2.41. The topological polar surface area (TPSA) is 55.6 Å². The fourth-order valence-electron chi connectivity index (χ4n) is 2.49. The van der Waals surface area contributed by atoms with Gasteiger partial charge in [-0.3, -0.25) is 4.79 Å². The summed E-state index contributed by atoms with van der Waals surface area (Å²) in [6, 6.07) is 4.95. The van der Waals surface area contributed by atoms with Gasteiger partial charge < -0.3 is 15.4 Å². The summed E-state index contributed by atoms with van der Waals surface area (Å²) in [6.45, 7) is 7.02. The van der Waals surface area contributed by atoms with Crippen molar-refractivity contribution in [2.45, 2.75) is 32.5 Å². The first-order chi connectivity index (χ1) is 8.78. The van der Waals surface area contributed by atoms with Gasteiger partial charge in [0.1, 0.15) is 0 Å². The van der Waals surface area contributed by atoms with Gasteiger partial charge in [0.2, 0.25) is 0 Å². The first kappa shape index (κ1) is 14.2. The highest BCUT2D eigenvalue weighted by Gasteiger charge is 2.34. The lowest BCUT2D eigenvalue weighted by molar-refractivity contribution is -0.118. The van der Waals surface area contributed by atoms with Crippen LogP contribution >= 0.6 is 11.6 Å². The quantitative estimate of drug-likeness (QED) is 0.806. The van der Waals surface area contributed by atoms with E-state index in [4.69, 9.17) is 22.1 Å². The number of carbonyl (C=O) groups is 1. The van der Waals surface area contributed by atoms with Crippen LogP contribution in [0.3, 0.4) is 0 Å². The van der Waals surface area contributed by atoms with E-state index in [0.29, 0.717) is 29.4 Å². The molecule has 19 heavy (non-hydrogen) atoms. The summed E-state index contributed by atoms with van der Waals surface area (Å²) in [7, 11) is 0. The standard InChI is InChI=1S/C14H19ClN2O2/c1-9-7-17(8-14(2,3)19-9)13(18)11-6-10(15)4-5-12(11)16/h4-6,9H,7-8,16H2,1-3H3. The molecule has 4 nitrogen and oxygen atoms in total. The van der Waals surface area contributed by atoms with Crippen LogP contribution in [0.2, 0.25) is 5.02 Å². The van der Waals surface area contributed by atoms with Crippen LogP contribution in [0, 0.1) is 0 Å². The van der Waals surface area contributed by atoms with E-state index in [1.165, 1.54) is 0 Å². The van der Waals surface area contributed by atoms with E-state index in [1.807, 2.05) is 20.8 Å². The van der Waals surface area contributed by atoms with Crippen molar-refractivity contribution in [2.75, 3.05) is 18.8 Å². The number of benzene rings is 1. The largest absolute Gasteiger partial charge is 0.398 e. The number of anilines is 1. The Balaban J connectivity index is 2.26. The first-order valence-electron chi connectivity index (χ1n) is 6.30. The van der Waals surface area contributed by atoms with Crippen molar-refractivity contribution < 1.29 is 9.53 Å². The zero-order valence-corrected chi connectivity index (χ0v) is 12.2. The van der Waals surface area contributed by atoms with Gasteiger partial charge in [0.15, 0.2) is 0 Å². The molecule has 1 aromatic rings. The van der Waals surface area contributed by atoms with Gasteiger partial charge in [0.05, 0.1) is 17.3 Å². The molecule has 2 N–H and O–H groups in total. The zero-order chi connectivity index (χ0) is 14.2. The summed E-state index contributed by atoms with van der Waals surface area (Å²) in [4.78, 5) is 14.3. The molecule has 1 aliphatic rings. The summed E-state index contributed by atoms with van der Waals surface area (Å²) in [6.07, 6.45) is 0.00751. The normalized spacial score (nSPS) is 22.3. The Morgan fingerprint density at radius 2 is 2.21 bits per heavy atom. The summed E-state index contributed by atoms with van der Waals surface area (Å²) in [5.74, 6) is -0.0942. The van der Waals surface area contributed by atoms with Crippen LogP contribution < -0.4 is 5.73 Å². The highest BCUT2D eigenvalue weighted by molar-refractivity contribution is 6.31. The van der Waals surface area contributed by atoms with Gasteiger partial charge in [-0.15, -0.1) is 0 Å². The fraction of sp³-hybridized carbons (Fsp3) is 0.500. The third-order valence-corrected chi connectivity index (χ3v) is 3.34. The van der Waals surface area contributed by atoms with Crippen LogP contribution in [-0.2, 0) is 4.74 Å². The monoisotopic (exact) mass is 282 g/mol. The maximum atomic E-state index is 12.5. The molecule has 0 radical (unpaired) electrons. The van der Waals surface area contributed by atoms with E-state index in [-0.39, 0.29) is 17.6 Å². The smallest absolute Gasteiger partial charge is 0.256 e. The zero-order valence-electron chi connectivity index (χ0n) is 11.4. The summed E-state index contributed by atoms with van der Waals surface area (Å²) >= 11 is 5.93. The van der Waals surface area contributed by atoms with E-state index in [1.54, 1.807) is 23.1 Å². The number of carbonyl (C=O) groups excluding carboxylic acids is 1. The van der Waals surface area contributed by atoms with Gasteiger partial charge in [-0.1, -0.05) is 11.6 Å². The third kappa shape index (κ3) is 3.19. The number of nitrogens with two attached hydrogens (primary N) is 1. The Morgan fingerprint density at radius 3 is 2.84 bits per heavy atom. The van der Waals surface area contributed by atoms with Gasteiger partial charge in [-0.05, 0) is 39.0 Å². The van der Waals surface area contributed by atoms with Gasteiger partial charge >= 0.3 is 0 Å². The molecule has 1 aliphatic heterocycles. The number of hydrogen-bond donors (Lipinski definition) is 1. The molecule has 1 saturated heterocycles. The van der Waals surface area contributed by atoms with Crippen LogP contribution in [0.15, 0.2) is 18.2 Å². The van der Waals surface area contributed by atoms with Crippen LogP contribution in [0.5, 0.6) is 0 Å². The number of halogens is 1. The molecule has 0 aliphatic carbocycles. The number of nitrogens with zero attached hydrogens (tertiary/aromatic N) is 1. The van der Waals surface area contributed by atoms with Crippen LogP contribution in [0.4, 0.5) is 5.69 Å². The second-order valence-electron chi connectivity index (χ2n) is 5.61. The van der Waals surface area contributed by atoms with Crippen molar-refractivity contribution in [2.24, 2.45) is 0 Å². The molecule has 104 valence electrons. The highest BCUT2D eigenvalue weighted by atomic mass is 35.5. The van der Waals surface area contributed by atoms with Crippen LogP contribution in [0.1, 0.15) is 31.1 Å². The molecule has 2 rings (SSSR count). The van der Waals surface area contributed by atoms with Gasteiger partial charge in [0.25, 0.3) is 5.91 Å². The molecule has 1 unspecified atom stereocenters. The summed E-state index contributed by atoms with van der Waals surface area (Å²) < 4.78 is 5.79. The Hall–Kier alpha value is -1.26. The molecule has 1 heterocycles. The maximum absolute atomic E-state index is 12.5. The molecule has 0 spiro atoms. The number of ether oxygens (including phenoxy) is 1. The number of nitrogen functional groups attached to an aromatic ring is 1. The SMILES string of the molecule is CC1CN(C(=O)c2cc(Cl)ccc2N)CC(C)(C)O1. The van der Waals surface area contributed by atoms with Crippen molar-refractivity contribution in [1.29, 1.82) is 0 Å². The second kappa shape index (κ2) is 5.02. The molecule has 5 heteroatoms. The van der Waals surface area contributed by atoms with Gasteiger partial charge in [-0.2, -0.15) is 0 Å². The first-order valence-corrected chi connectivity index (χ1v) is 6.68. The van der Waals surface area contributed by atoms with Crippen molar-refractivity contribution in [1.82, 2.24) is 4.90 Å². The summed E-state index contributed by atoms with van der Waals surface area (Å²) in [5, 5.41) is 0.512. The Labute approximate surface area is 118 Å². The predicted molar refractivity (Wildman–Crippen MR) is 76.4 cm³/mol. The average molecular weight is 283 g/mol. The molecular weight excluding hydrogens is 264 g/mol. The Kier molecular flexibility index (Phi) is 3.74. The minimum absolute atomic E-state index is 0.00751. The van der Waals surface area contributed by atoms with Crippen molar-refractivity contribution in [3.8, 4) is 0 Å². The highest BCUT2D eigenvalue weighted by Crippen LogP contribution is 2.25. The van der Waals surface area contributed by atoms with E-state index in [2.05, 4.69) is 0 Å². The molecule has 1 amide bonds. The Morgan fingerprint density at radius 1 is 1.53 bits per heavy atom. The maximum Gasteiger partial charge on any atom is 0.256 e. The number of amides is 1. The average Bonchev–Trinajstić information content (AvgIpc) is 2.29. The van der Waals surface area contributed by atoms with E-state index >= 15 is 0 Å². The molecule has 1 aromatic carbocycles. The lowest BCUT2D eigenvalue weighted by Crippen LogP contribution is -2.53.